The van der Waals surface area contributed by atoms with Gasteiger partial charge in [-0.3, -0.25) is 4.79 Å². The Morgan fingerprint density at radius 2 is 1.86 bits per heavy atom. The van der Waals surface area contributed by atoms with Crippen molar-refractivity contribution in [3.05, 3.63) is 70.7 Å². The van der Waals surface area contributed by atoms with Gasteiger partial charge in [-0.2, -0.15) is 10.1 Å². The van der Waals surface area contributed by atoms with E-state index >= 15 is 0 Å². The topological polar surface area (TPSA) is 52.9 Å². The molecule has 1 N–H and O–H groups in total. The first-order chi connectivity index (χ1) is 10.6. The van der Waals surface area contributed by atoms with Crippen LogP contribution in [0, 0.1) is 0 Å². The molecule has 0 unspecified atom stereocenters. The van der Waals surface area contributed by atoms with E-state index in [1.165, 1.54) is 0 Å². The van der Waals surface area contributed by atoms with Crippen molar-refractivity contribution < 1.29 is 9.90 Å². The Hall–Kier alpha value is -2.17. The lowest BCUT2D eigenvalue weighted by molar-refractivity contribution is -0.157. The lowest BCUT2D eigenvalue weighted by Crippen LogP contribution is -2.44. The molecule has 1 amide bonds. The first-order valence-corrected chi connectivity index (χ1v) is 7.35. The van der Waals surface area contributed by atoms with Crippen LogP contribution in [0.1, 0.15) is 17.5 Å². The Bertz CT molecular complexity index is 700. The van der Waals surface area contributed by atoms with Gasteiger partial charge in [-0.15, -0.1) is 0 Å². The highest BCUT2D eigenvalue weighted by atomic mass is 35.5. The minimum absolute atomic E-state index is 0.189. The van der Waals surface area contributed by atoms with E-state index in [2.05, 4.69) is 5.10 Å². The first-order valence-electron chi connectivity index (χ1n) is 6.97. The first kappa shape index (κ1) is 14.8. The van der Waals surface area contributed by atoms with Crippen LogP contribution in [0.5, 0.6) is 0 Å². The highest BCUT2D eigenvalue weighted by Crippen LogP contribution is 2.34. The number of rotatable bonds is 3. The summed E-state index contributed by atoms with van der Waals surface area (Å²) in [6.07, 6.45) is 2.00. The van der Waals surface area contributed by atoms with Crippen LogP contribution in [0.3, 0.4) is 0 Å². The van der Waals surface area contributed by atoms with Crippen molar-refractivity contribution >= 4 is 23.7 Å². The predicted molar refractivity (Wildman–Crippen MR) is 85.4 cm³/mol. The van der Waals surface area contributed by atoms with Crippen LogP contribution in [-0.4, -0.2) is 22.2 Å². The fourth-order valence-corrected chi connectivity index (χ4v) is 2.63. The van der Waals surface area contributed by atoms with Crippen molar-refractivity contribution in [3.63, 3.8) is 0 Å². The quantitative estimate of drug-likeness (QED) is 0.947. The normalized spacial score (nSPS) is 20.4. The molecule has 0 spiro atoms. The Morgan fingerprint density at radius 3 is 2.55 bits per heavy atom. The molecular formula is C17H15ClN2O2. The van der Waals surface area contributed by atoms with Crippen LogP contribution in [0.25, 0.3) is 0 Å². The molecule has 112 valence electrons. The van der Waals surface area contributed by atoms with Crippen LogP contribution in [0.4, 0.5) is 0 Å². The zero-order valence-corrected chi connectivity index (χ0v) is 12.6. The minimum Gasteiger partial charge on any atom is -0.365 e. The van der Waals surface area contributed by atoms with Gasteiger partial charge in [-0.1, -0.05) is 54.1 Å². The highest BCUT2D eigenvalue weighted by molar-refractivity contribution is 6.30. The Labute approximate surface area is 133 Å². The third-order valence-electron chi connectivity index (χ3n) is 3.66. The molecule has 0 aliphatic carbocycles. The second-order valence-corrected chi connectivity index (χ2v) is 5.63. The van der Waals surface area contributed by atoms with Crippen molar-refractivity contribution in [2.45, 2.75) is 18.6 Å². The van der Waals surface area contributed by atoms with E-state index in [0.29, 0.717) is 10.6 Å². The predicted octanol–water partition coefficient (Wildman–Crippen LogP) is 2.95. The molecule has 0 aromatic heterocycles. The minimum atomic E-state index is -1.45. The maximum absolute atomic E-state index is 12.5. The van der Waals surface area contributed by atoms with Gasteiger partial charge in [0.2, 0.25) is 5.91 Å². The molecule has 22 heavy (non-hydrogen) atoms. The number of nitrogens with zero attached hydrogens (tertiary/aromatic N) is 2. The summed E-state index contributed by atoms with van der Waals surface area (Å²) in [5.74, 6) is -0.252. The molecule has 1 aliphatic rings. The Kier molecular flexibility index (Phi) is 3.96. The number of aliphatic hydroxyl groups is 1. The number of halogens is 1. The molecule has 1 heterocycles. The molecule has 2 aromatic rings. The number of amides is 1. The maximum Gasteiger partial charge on any atom is 0.250 e. The lowest BCUT2D eigenvalue weighted by Gasteiger charge is -2.31. The standard InChI is InChI=1S/C17H15ClN2O2/c18-15-8-6-14(7-9-15)17(22)10-11-19-20(17)16(21)12-13-4-2-1-3-5-13/h1-9,11,22H,10,12H2/t17-/m0/s1. The molecule has 0 saturated carbocycles. The monoisotopic (exact) mass is 314 g/mol. The summed E-state index contributed by atoms with van der Waals surface area (Å²) in [4.78, 5) is 12.5. The van der Waals surface area contributed by atoms with Crippen LogP contribution in [0.15, 0.2) is 59.7 Å². The van der Waals surface area contributed by atoms with E-state index in [1.54, 1.807) is 30.5 Å². The number of hydrogen-bond acceptors (Lipinski definition) is 3. The van der Waals surface area contributed by atoms with E-state index in [0.717, 1.165) is 10.6 Å². The molecule has 0 radical (unpaired) electrons. The molecule has 3 rings (SSSR count). The molecule has 0 saturated heterocycles. The second kappa shape index (κ2) is 5.91. The lowest BCUT2D eigenvalue weighted by atomic mass is 9.99. The fraction of sp³-hybridized carbons (Fsp3) is 0.176. The van der Waals surface area contributed by atoms with E-state index in [9.17, 15) is 9.90 Å². The SMILES string of the molecule is O=C(Cc1ccccc1)N1N=CC[C@]1(O)c1ccc(Cl)cc1. The summed E-state index contributed by atoms with van der Waals surface area (Å²) in [7, 11) is 0. The van der Waals surface area contributed by atoms with Gasteiger partial charge in [0.05, 0.1) is 6.42 Å². The molecule has 2 aromatic carbocycles. The summed E-state index contributed by atoms with van der Waals surface area (Å²) in [5.41, 5.74) is 0.0278. The average molecular weight is 315 g/mol. The summed E-state index contributed by atoms with van der Waals surface area (Å²) < 4.78 is 0. The zero-order valence-electron chi connectivity index (χ0n) is 11.8. The molecular weight excluding hydrogens is 300 g/mol. The Morgan fingerprint density at radius 1 is 1.18 bits per heavy atom. The summed E-state index contributed by atoms with van der Waals surface area (Å²) in [6, 6.07) is 16.2. The van der Waals surface area contributed by atoms with Crippen LogP contribution < -0.4 is 0 Å². The second-order valence-electron chi connectivity index (χ2n) is 5.19. The zero-order chi connectivity index (χ0) is 15.6. The largest absolute Gasteiger partial charge is 0.365 e. The third-order valence-corrected chi connectivity index (χ3v) is 3.92. The average Bonchev–Trinajstić information content (AvgIpc) is 2.92. The van der Waals surface area contributed by atoms with Gasteiger partial charge in [0, 0.05) is 23.2 Å². The number of carbonyl (C=O) groups is 1. The fourth-order valence-electron chi connectivity index (χ4n) is 2.50. The van der Waals surface area contributed by atoms with E-state index < -0.39 is 5.72 Å². The summed E-state index contributed by atoms with van der Waals surface area (Å²) in [6.45, 7) is 0. The van der Waals surface area contributed by atoms with Gasteiger partial charge in [0.25, 0.3) is 0 Å². The van der Waals surface area contributed by atoms with Crippen molar-refractivity contribution in [1.82, 2.24) is 5.01 Å². The number of carbonyl (C=O) groups excluding carboxylic acids is 1. The summed E-state index contributed by atoms with van der Waals surface area (Å²) in [5, 5.41) is 16.7. The van der Waals surface area contributed by atoms with Gasteiger partial charge in [0.1, 0.15) is 0 Å². The number of hydrogen-bond donors (Lipinski definition) is 1. The molecule has 0 bridgehead atoms. The molecule has 0 fully saturated rings. The van der Waals surface area contributed by atoms with Crippen LogP contribution >= 0.6 is 11.6 Å². The van der Waals surface area contributed by atoms with Crippen molar-refractivity contribution in [2.75, 3.05) is 0 Å². The van der Waals surface area contributed by atoms with Crippen molar-refractivity contribution in [3.8, 4) is 0 Å². The molecule has 5 heteroatoms. The van der Waals surface area contributed by atoms with Gasteiger partial charge < -0.3 is 5.11 Å². The van der Waals surface area contributed by atoms with E-state index in [4.69, 9.17) is 11.6 Å². The van der Waals surface area contributed by atoms with Crippen molar-refractivity contribution in [2.24, 2.45) is 5.10 Å². The smallest absolute Gasteiger partial charge is 0.250 e. The third kappa shape index (κ3) is 2.75. The van der Waals surface area contributed by atoms with Crippen molar-refractivity contribution in [1.29, 1.82) is 0 Å². The Balaban J connectivity index is 1.84. The summed E-state index contributed by atoms with van der Waals surface area (Å²) >= 11 is 5.88. The number of hydrazone groups is 1. The molecule has 4 nitrogen and oxygen atoms in total. The maximum atomic E-state index is 12.5. The molecule has 1 aliphatic heterocycles. The van der Waals surface area contributed by atoms with Crippen LogP contribution in [-0.2, 0) is 16.9 Å². The van der Waals surface area contributed by atoms with E-state index in [-0.39, 0.29) is 18.7 Å². The van der Waals surface area contributed by atoms with Crippen LogP contribution in [0.2, 0.25) is 5.02 Å². The van der Waals surface area contributed by atoms with Gasteiger partial charge in [-0.05, 0) is 17.7 Å². The highest BCUT2D eigenvalue weighted by Gasteiger charge is 2.42. The number of benzene rings is 2. The van der Waals surface area contributed by atoms with Gasteiger partial charge in [0.15, 0.2) is 5.72 Å². The van der Waals surface area contributed by atoms with Gasteiger partial charge in [-0.25, -0.2) is 0 Å². The molecule has 1 atom stereocenters. The van der Waals surface area contributed by atoms with Gasteiger partial charge >= 0.3 is 0 Å². The van der Waals surface area contributed by atoms with E-state index in [1.807, 2.05) is 30.3 Å².